The number of nitrogens with two attached hydrogens (primary N) is 1. The molecule has 2 atom stereocenters. The molecular formula is C24H24FN3O. The molecule has 4 rings (SSSR count). The molecule has 0 saturated heterocycles. The molecule has 148 valence electrons. The highest BCUT2D eigenvalue weighted by Gasteiger charge is 2.19. The van der Waals surface area contributed by atoms with E-state index in [-0.39, 0.29) is 18.0 Å². The summed E-state index contributed by atoms with van der Waals surface area (Å²) in [6, 6.07) is 20.3. The number of aryl methyl sites for hydroxylation is 1. The number of fused-ring (bicyclic) bond motifs is 1. The lowest BCUT2D eigenvalue weighted by Crippen LogP contribution is -2.29. The summed E-state index contributed by atoms with van der Waals surface area (Å²) in [5.74, 6) is 0.466. The van der Waals surface area contributed by atoms with Crippen LogP contribution in [0.2, 0.25) is 0 Å². The quantitative estimate of drug-likeness (QED) is 0.493. The first-order valence-corrected chi connectivity index (χ1v) is 9.80. The van der Waals surface area contributed by atoms with Crippen molar-refractivity contribution in [3.8, 4) is 11.4 Å². The molecule has 0 unspecified atom stereocenters. The van der Waals surface area contributed by atoms with E-state index in [2.05, 4.69) is 36.3 Å². The second kappa shape index (κ2) is 8.05. The SMILES string of the molecule is CCc1ccc([C@@H](Oc2ccc3c(cnn3-c3ccc(F)cc3)c2)[C@H](C)N)cc1. The van der Waals surface area contributed by atoms with Crippen LogP contribution in [0.25, 0.3) is 16.6 Å². The van der Waals surface area contributed by atoms with E-state index in [1.807, 2.05) is 25.1 Å². The van der Waals surface area contributed by atoms with Crippen molar-refractivity contribution in [2.45, 2.75) is 32.4 Å². The van der Waals surface area contributed by atoms with Gasteiger partial charge < -0.3 is 10.5 Å². The van der Waals surface area contributed by atoms with Gasteiger partial charge >= 0.3 is 0 Å². The molecule has 0 radical (unpaired) electrons. The van der Waals surface area contributed by atoms with Gasteiger partial charge in [-0.2, -0.15) is 5.10 Å². The van der Waals surface area contributed by atoms with Crippen LogP contribution in [-0.4, -0.2) is 15.8 Å². The number of hydrogen-bond donors (Lipinski definition) is 1. The molecule has 1 aromatic heterocycles. The maximum Gasteiger partial charge on any atom is 0.138 e. The Bertz CT molecular complexity index is 1100. The number of nitrogens with zero attached hydrogens (tertiary/aromatic N) is 2. The largest absolute Gasteiger partial charge is 0.484 e. The van der Waals surface area contributed by atoms with Crippen LogP contribution in [0, 0.1) is 5.82 Å². The molecule has 0 spiro atoms. The number of hydrogen-bond acceptors (Lipinski definition) is 3. The van der Waals surface area contributed by atoms with Gasteiger partial charge in [-0.25, -0.2) is 9.07 Å². The van der Waals surface area contributed by atoms with Crippen LogP contribution in [0.4, 0.5) is 4.39 Å². The van der Waals surface area contributed by atoms with E-state index in [0.29, 0.717) is 0 Å². The van der Waals surface area contributed by atoms with Gasteiger partial charge in [0, 0.05) is 11.4 Å². The molecule has 4 nitrogen and oxygen atoms in total. The van der Waals surface area contributed by atoms with E-state index in [1.54, 1.807) is 23.0 Å². The zero-order chi connectivity index (χ0) is 20.4. The summed E-state index contributed by atoms with van der Waals surface area (Å²) >= 11 is 0. The Labute approximate surface area is 169 Å². The highest BCUT2D eigenvalue weighted by molar-refractivity contribution is 5.81. The van der Waals surface area contributed by atoms with Crippen molar-refractivity contribution in [2.75, 3.05) is 0 Å². The Morgan fingerprint density at radius 2 is 1.76 bits per heavy atom. The molecule has 0 aliphatic rings. The van der Waals surface area contributed by atoms with Crippen LogP contribution in [0.15, 0.2) is 72.9 Å². The molecule has 0 fully saturated rings. The van der Waals surface area contributed by atoms with Crippen molar-refractivity contribution in [1.29, 1.82) is 0 Å². The minimum absolute atomic E-state index is 0.167. The third-order valence-corrected chi connectivity index (χ3v) is 5.07. The standard InChI is InChI=1S/C24H24FN3O/c1-3-17-4-6-18(7-5-17)24(16(2)26)29-22-12-13-23-19(14-22)15-27-28(23)21-10-8-20(25)9-11-21/h4-16,24H,3,26H2,1-2H3/t16-,24-/m0/s1. The van der Waals surface area contributed by atoms with Crippen LogP contribution < -0.4 is 10.5 Å². The molecule has 0 amide bonds. The van der Waals surface area contributed by atoms with Gasteiger partial charge in [0.05, 0.1) is 17.4 Å². The lowest BCUT2D eigenvalue weighted by molar-refractivity contribution is 0.180. The van der Waals surface area contributed by atoms with Crippen LogP contribution in [0.1, 0.15) is 31.1 Å². The van der Waals surface area contributed by atoms with E-state index in [9.17, 15) is 4.39 Å². The highest BCUT2D eigenvalue weighted by atomic mass is 19.1. The Balaban J connectivity index is 1.62. The van der Waals surface area contributed by atoms with Crippen LogP contribution in [0.3, 0.4) is 0 Å². The normalized spacial score (nSPS) is 13.4. The smallest absolute Gasteiger partial charge is 0.138 e. The summed E-state index contributed by atoms with van der Waals surface area (Å²) in [6.45, 7) is 4.08. The van der Waals surface area contributed by atoms with Crippen molar-refractivity contribution >= 4 is 10.9 Å². The Hall–Kier alpha value is -3.18. The van der Waals surface area contributed by atoms with Gasteiger partial charge in [0.25, 0.3) is 0 Å². The number of aromatic nitrogens is 2. The number of benzene rings is 3. The Morgan fingerprint density at radius 1 is 1.03 bits per heavy atom. The predicted molar refractivity (Wildman–Crippen MR) is 114 cm³/mol. The molecule has 0 aliphatic carbocycles. The van der Waals surface area contributed by atoms with Gasteiger partial charge in [-0.05, 0) is 66.9 Å². The second-order valence-corrected chi connectivity index (χ2v) is 7.25. The molecule has 29 heavy (non-hydrogen) atoms. The Morgan fingerprint density at radius 3 is 2.41 bits per heavy atom. The lowest BCUT2D eigenvalue weighted by atomic mass is 10.0. The van der Waals surface area contributed by atoms with E-state index in [1.165, 1.54) is 17.7 Å². The van der Waals surface area contributed by atoms with E-state index in [0.717, 1.165) is 34.3 Å². The summed E-state index contributed by atoms with van der Waals surface area (Å²) in [5, 5.41) is 5.38. The first-order valence-electron chi connectivity index (χ1n) is 9.80. The van der Waals surface area contributed by atoms with Crippen molar-refractivity contribution in [3.63, 3.8) is 0 Å². The maximum absolute atomic E-state index is 13.2. The number of rotatable bonds is 6. The first kappa shape index (κ1) is 19.2. The molecule has 5 heteroatoms. The summed E-state index contributed by atoms with van der Waals surface area (Å²) in [6.07, 6.45) is 2.53. The topological polar surface area (TPSA) is 53.1 Å². The molecule has 3 aromatic carbocycles. The van der Waals surface area contributed by atoms with Crippen molar-refractivity contribution in [3.05, 3.63) is 89.9 Å². The maximum atomic E-state index is 13.2. The summed E-state index contributed by atoms with van der Waals surface area (Å²) < 4.78 is 21.3. The van der Waals surface area contributed by atoms with Crippen LogP contribution >= 0.6 is 0 Å². The van der Waals surface area contributed by atoms with Gasteiger partial charge in [0.1, 0.15) is 17.7 Å². The zero-order valence-corrected chi connectivity index (χ0v) is 16.5. The second-order valence-electron chi connectivity index (χ2n) is 7.25. The molecule has 0 saturated carbocycles. The molecule has 0 aliphatic heterocycles. The third kappa shape index (κ3) is 4.00. The van der Waals surface area contributed by atoms with Crippen LogP contribution in [-0.2, 0) is 6.42 Å². The molecule has 0 bridgehead atoms. The van der Waals surface area contributed by atoms with Crippen molar-refractivity contribution < 1.29 is 9.13 Å². The van der Waals surface area contributed by atoms with E-state index >= 15 is 0 Å². The zero-order valence-electron chi connectivity index (χ0n) is 16.5. The fraction of sp³-hybridized carbons (Fsp3) is 0.208. The first-order chi connectivity index (χ1) is 14.0. The average molecular weight is 389 g/mol. The third-order valence-electron chi connectivity index (χ3n) is 5.07. The van der Waals surface area contributed by atoms with Crippen molar-refractivity contribution in [1.82, 2.24) is 9.78 Å². The predicted octanol–water partition coefficient (Wildman–Crippen LogP) is 5.19. The fourth-order valence-corrected chi connectivity index (χ4v) is 3.44. The van der Waals surface area contributed by atoms with Gasteiger partial charge in [0.15, 0.2) is 0 Å². The van der Waals surface area contributed by atoms with Gasteiger partial charge in [-0.1, -0.05) is 31.2 Å². The van der Waals surface area contributed by atoms with E-state index in [4.69, 9.17) is 10.5 Å². The summed E-state index contributed by atoms with van der Waals surface area (Å²) in [7, 11) is 0. The molecule has 1 heterocycles. The van der Waals surface area contributed by atoms with Gasteiger partial charge in [-0.3, -0.25) is 0 Å². The fourth-order valence-electron chi connectivity index (χ4n) is 3.44. The molecular weight excluding hydrogens is 365 g/mol. The van der Waals surface area contributed by atoms with Gasteiger partial charge in [0.2, 0.25) is 0 Å². The molecule has 2 N–H and O–H groups in total. The Kier molecular flexibility index (Phi) is 5.32. The van der Waals surface area contributed by atoms with Crippen LogP contribution in [0.5, 0.6) is 5.75 Å². The lowest BCUT2D eigenvalue weighted by Gasteiger charge is -2.23. The monoisotopic (exact) mass is 389 g/mol. The van der Waals surface area contributed by atoms with Crippen molar-refractivity contribution in [2.24, 2.45) is 5.73 Å². The minimum Gasteiger partial charge on any atom is -0.484 e. The summed E-state index contributed by atoms with van der Waals surface area (Å²) in [5.41, 5.74) is 10.3. The highest BCUT2D eigenvalue weighted by Crippen LogP contribution is 2.28. The van der Waals surface area contributed by atoms with Gasteiger partial charge in [-0.15, -0.1) is 0 Å². The molecule has 4 aromatic rings. The minimum atomic E-state index is -0.269. The number of halogens is 1. The number of ether oxygens (including phenoxy) is 1. The van der Waals surface area contributed by atoms with E-state index < -0.39 is 0 Å². The average Bonchev–Trinajstić information content (AvgIpc) is 3.16. The summed E-state index contributed by atoms with van der Waals surface area (Å²) in [4.78, 5) is 0.